The maximum atomic E-state index is 11.8. The van der Waals surface area contributed by atoms with Gasteiger partial charge in [-0.15, -0.1) is 12.4 Å². The van der Waals surface area contributed by atoms with Gasteiger partial charge in [-0.1, -0.05) is 78.1 Å². The van der Waals surface area contributed by atoms with E-state index in [4.69, 9.17) is 15.6 Å². The second-order valence-electron chi connectivity index (χ2n) is 9.33. The molecule has 0 aliphatic rings. The fraction of sp³-hybridized carbons (Fsp3) is 0.880. The number of aliphatic carboxylic acids is 1. The van der Waals surface area contributed by atoms with Crippen LogP contribution in [0.25, 0.3) is 0 Å². The van der Waals surface area contributed by atoms with Crippen LogP contribution in [0.4, 0.5) is 0 Å². The molecule has 4 N–H and O–H groups in total. The zero-order valence-corrected chi connectivity index (χ0v) is 25.0. The molecule has 0 spiro atoms. The second kappa shape index (κ2) is 22.5. The van der Waals surface area contributed by atoms with Crippen LogP contribution in [0.15, 0.2) is 0 Å². The molecule has 0 radical (unpaired) electrons. The Morgan fingerprint density at radius 2 is 1.34 bits per heavy atom. The summed E-state index contributed by atoms with van der Waals surface area (Å²) in [5.41, 5.74) is 5.56. The van der Waals surface area contributed by atoms with Gasteiger partial charge in [-0.2, -0.15) is 25.3 Å². The molecule has 0 bridgehead atoms. The van der Waals surface area contributed by atoms with Gasteiger partial charge < -0.3 is 20.9 Å². The van der Waals surface area contributed by atoms with Gasteiger partial charge in [-0.25, -0.2) is 4.79 Å². The zero-order valence-electron chi connectivity index (χ0n) is 22.4. The van der Waals surface area contributed by atoms with Crippen molar-refractivity contribution in [1.29, 1.82) is 0 Å². The average Bonchev–Trinajstić information content (AvgIpc) is 2.76. The van der Waals surface area contributed by atoms with Gasteiger partial charge in [0, 0.05) is 9.49 Å². The molecule has 0 saturated carbocycles. The van der Waals surface area contributed by atoms with Gasteiger partial charge in [0.1, 0.15) is 12.1 Å². The molecule has 0 rings (SSSR count). The highest BCUT2D eigenvalue weighted by Gasteiger charge is 2.36. The highest BCUT2D eigenvalue weighted by molar-refractivity contribution is 7.82. The molecule has 0 fully saturated rings. The van der Waals surface area contributed by atoms with Gasteiger partial charge in [0.2, 0.25) is 6.41 Å². The smallest absolute Gasteiger partial charge is 0.330 e. The Balaban J connectivity index is -0.000000584. The van der Waals surface area contributed by atoms with E-state index in [1.54, 1.807) is 13.8 Å². The van der Waals surface area contributed by atoms with Crippen LogP contribution >= 0.6 is 37.7 Å². The first-order valence-electron chi connectivity index (χ1n) is 12.7. The summed E-state index contributed by atoms with van der Waals surface area (Å²) in [6.07, 6.45) is 13.6. The molecule has 10 heteroatoms. The Hall–Kier alpha value is -0.640. The average molecular weight is 559 g/mol. The predicted molar refractivity (Wildman–Crippen MR) is 154 cm³/mol. The van der Waals surface area contributed by atoms with Crippen LogP contribution in [0.1, 0.15) is 112 Å². The first-order valence-corrected chi connectivity index (χ1v) is 13.6. The first kappa shape index (κ1) is 38.9. The van der Waals surface area contributed by atoms with Crippen molar-refractivity contribution >= 4 is 56.0 Å². The van der Waals surface area contributed by atoms with Crippen molar-refractivity contribution in [2.24, 2.45) is 5.73 Å². The minimum atomic E-state index is -0.971. The van der Waals surface area contributed by atoms with Crippen molar-refractivity contribution in [3.05, 3.63) is 0 Å². The Bertz CT molecular complexity index is 566. The van der Waals surface area contributed by atoms with E-state index in [1.165, 1.54) is 38.5 Å². The number of carboxylic acids is 1. The first-order chi connectivity index (χ1) is 15.9. The lowest BCUT2D eigenvalue weighted by Gasteiger charge is -2.31. The molecule has 7 nitrogen and oxygen atoms in total. The van der Waals surface area contributed by atoms with Crippen molar-refractivity contribution in [2.75, 3.05) is 6.61 Å². The van der Waals surface area contributed by atoms with Crippen molar-refractivity contribution in [3.63, 3.8) is 0 Å². The predicted octanol–water partition coefficient (Wildman–Crippen LogP) is 5.58. The van der Waals surface area contributed by atoms with E-state index in [-0.39, 0.29) is 12.4 Å². The molecular weight excluding hydrogens is 508 g/mol. The second-order valence-corrected chi connectivity index (χ2v) is 11.4. The Labute approximate surface area is 230 Å². The highest BCUT2D eigenvalue weighted by Crippen LogP contribution is 2.27. The number of ether oxygens (including phenoxy) is 1. The van der Waals surface area contributed by atoms with Crippen LogP contribution in [-0.4, -0.2) is 51.6 Å². The van der Waals surface area contributed by atoms with Crippen LogP contribution in [-0.2, 0) is 19.1 Å². The summed E-state index contributed by atoms with van der Waals surface area (Å²) < 4.78 is 3.80. The van der Waals surface area contributed by atoms with Crippen molar-refractivity contribution < 1.29 is 24.2 Å². The number of nitrogens with one attached hydrogen (secondary N) is 1. The molecule has 0 heterocycles. The van der Waals surface area contributed by atoms with E-state index in [0.717, 1.165) is 38.5 Å². The van der Waals surface area contributed by atoms with Gasteiger partial charge in [-0.05, 0) is 33.6 Å². The maximum absolute atomic E-state index is 11.8. The molecule has 0 aromatic heterocycles. The third-order valence-corrected chi connectivity index (χ3v) is 6.87. The SMILES string of the molecule is CCCCCCCC(C)(S)C(N)C(=O)O.CCCCCCCC(C)(S)C(NC=O)C(=O)OCC.Cl. The largest absolute Gasteiger partial charge is 0.480 e. The third kappa shape index (κ3) is 19.2. The van der Waals surface area contributed by atoms with Gasteiger partial charge in [0.05, 0.1) is 6.61 Å². The number of esters is 1. The van der Waals surface area contributed by atoms with Gasteiger partial charge >= 0.3 is 11.9 Å². The standard InChI is InChI=1S/C14H27NO3S.C11H23NO2S.ClH/c1-4-6-7-8-9-10-14(3,19)12(15-11-16)13(17)18-5-2;1-3-4-5-6-7-8-11(2,15)9(12)10(13)14;/h11-12,19H,4-10H2,1-3H3,(H,15,16);9,15H,3-8,12H2,1-2H3,(H,13,14);1H. The lowest BCUT2D eigenvalue weighted by Crippen LogP contribution is -2.51. The molecule has 0 aromatic rings. The molecule has 1 amide bonds. The van der Waals surface area contributed by atoms with Crippen molar-refractivity contribution in [1.82, 2.24) is 5.32 Å². The number of unbranched alkanes of at least 4 members (excludes halogenated alkanes) is 8. The lowest BCUT2D eigenvalue weighted by molar-refractivity contribution is -0.147. The molecule has 35 heavy (non-hydrogen) atoms. The van der Waals surface area contributed by atoms with E-state index in [0.29, 0.717) is 13.0 Å². The summed E-state index contributed by atoms with van der Waals surface area (Å²) in [6, 6.07) is -1.58. The van der Waals surface area contributed by atoms with E-state index < -0.39 is 33.5 Å². The van der Waals surface area contributed by atoms with Gasteiger partial charge in [0.25, 0.3) is 0 Å². The monoisotopic (exact) mass is 558 g/mol. The van der Waals surface area contributed by atoms with Crippen LogP contribution in [0.3, 0.4) is 0 Å². The number of carbonyl (C=O) groups is 3. The Morgan fingerprint density at radius 3 is 1.71 bits per heavy atom. The number of thiol groups is 2. The molecule has 0 aliphatic carbocycles. The number of rotatable bonds is 19. The summed E-state index contributed by atoms with van der Waals surface area (Å²) in [4.78, 5) is 33.2. The topological polar surface area (TPSA) is 119 Å². The number of carboxylic acid groups (broad SMARTS) is 1. The Kier molecular flexibility index (Phi) is 25.1. The lowest BCUT2D eigenvalue weighted by atomic mass is 9.93. The maximum Gasteiger partial charge on any atom is 0.330 e. The molecule has 0 aliphatic heterocycles. The van der Waals surface area contributed by atoms with Crippen LogP contribution < -0.4 is 11.1 Å². The highest BCUT2D eigenvalue weighted by atomic mass is 35.5. The number of nitrogens with two attached hydrogens (primary N) is 1. The normalized spacial score (nSPS) is 15.7. The third-order valence-electron chi connectivity index (χ3n) is 5.89. The number of carbonyl (C=O) groups excluding carboxylic acids is 2. The summed E-state index contributed by atoms with van der Waals surface area (Å²) in [7, 11) is 0. The van der Waals surface area contributed by atoms with E-state index in [2.05, 4.69) is 44.4 Å². The minimum absolute atomic E-state index is 0. The Morgan fingerprint density at radius 1 is 0.914 bits per heavy atom. The van der Waals surface area contributed by atoms with Crippen LogP contribution in [0.5, 0.6) is 0 Å². The number of hydrogen-bond acceptors (Lipinski definition) is 7. The summed E-state index contributed by atoms with van der Waals surface area (Å²) >= 11 is 8.89. The van der Waals surface area contributed by atoms with Crippen molar-refractivity contribution in [3.8, 4) is 0 Å². The molecule has 4 unspecified atom stereocenters. The molecule has 0 saturated heterocycles. The minimum Gasteiger partial charge on any atom is -0.480 e. The quantitative estimate of drug-likeness (QED) is 0.0611. The molecular formula is C25H51ClN2O5S2. The van der Waals surface area contributed by atoms with E-state index >= 15 is 0 Å². The zero-order chi connectivity index (χ0) is 26.6. The van der Waals surface area contributed by atoms with Gasteiger partial charge in [0.15, 0.2) is 0 Å². The van der Waals surface area contributed by atoms with E-state index in [1.807, 2.05) is 6.92 Å². The van der Waals surface area contributed by atoms with Crippen LogP contribution in [0, 0.1) is 0 Å². The molecule has 0 aromatic carbocycles. The number of hydrogen-bond donors (Lipinski definition) is 5. The van der Waals surface area contributed by atoms with Crippen molar-refractivity contribution in [2.45, 2.75) is 133 Å². The number of halogens is 1. The fourth-order valence-electron chi connectivity index (χ4n) is 3.53. The summed E-state index contributed by atoms with van der Waals surface area (Å²) in [5, 5.41) is 11.3. The summed E-state index contributed by atoms with van der Waals surface area (Å²) in [6.45, 7) is 10.1. The molecule has 210 valence electrons. The van der Waals surface area contributed by atoms with E-state index in [9.17, 15) is 14.4 Å². The summed E-state index contributed by atoms with van der Waals surface area (Å²) in [5.74, 6) is -1.39. The van der Waals surface area contributed by atoms with Gasteiger partial charge in [-0.3, -0.25) is 9.59 Å². The number of amides is 1. The fourth-order valence-corrected chi connectivity index (χ4v) is 4.14. The van der Waals surface area contributed by atoms with Crippen LogP contribution in [0.2, 0.25) is 0 Å². The molecule has 4 atom stereocenters.